The van der Waals surface area contributed by atoms with Crippen LogP contribution in [0.25, 0.3) is 0 Å². The van der Waals surface area contributed by atoms with Gasteiger partial charge >= 0.3 is 0 Å². The van der Waals surface area contributed by atoms with Crippen molar-refractivity contribution >= 4 is 17.5 Å². The highest BCUT2D eigenvalue weighted by Crippen LogP contribution is 2.17. The Bertz CT molecular complexity index is 481. The number of ether oxygens (including phenoxy) is 1. The van der Waals surface area contributed by atoms with Crippen molar-refractivity contribution in [1.82, 2.24) is 15.1 Å². The molecule has 0 aromatic carbocycles. The van der Waals surface area contributed by atoms with Crippen molar-refractivity contribution in [2.45, 2.75) is 32.9 Å². The van der Waals surface area contributed by atoms with E-state index in [-0.39, 0.29) is 18.1 Å². The van der Waals surface area contributed by atoms with E-state index in [9.17, 15) is 4.79 Å². The van der Waals surface area contributed by atoms with Gasteiger partial charge in [-0.1, -0.05) is 0 Å². The summed E-state index contributed by atoms with van der Waals surface area (Å²) in [5, 5.41) is 7.95. The minimum absolute atomic E-state index is 0.0265. The third-order valence-corrected chi connectivity index (χ3v) is 3.61. The van der Waals surface area contributed by atoms with Crippen molar-refractivity contribution in [3.63, 3.8) is 0 Å². The number of rotatable bonds is 2. The van der Waals surface area contributed by atoms with Crippen LogP contribution in [0.15, 0.2) is 6.07 Å². The Labute approximate surface area is 117 Å². The molecule has 2 heterocycles. The summed E-state index contributed by atoms with van der Waals surface area (Å²) in [6.45, 7) is 6.63. The second-order valence-electron chi connectivity index (χ2n) is 4.90. The third-order valence-electron chi connectivity index (χ3n) is 3.27. The highest BCUT2D eigenvalue weighted by atomic mass is 35.5. The Morgan fingerprint density at radius 2 is 2.26 bits per heavy atom. The van der Waals surface area contributed by atoms with Crippen molar-refractivity contribution in [2.75, 3.05) is 19.0 Å². The number of aromatic nitrogens is 2. The highest BCUT2D eigenvalue weighted by molar-refractivity contribution is 6.18. The monoisotopic (exact) mass is 283 g/mol. The molecule has 6 heteroatoms. The molecule has 1 fully saturated rings. The molecule has 0 N–H and O–H groups in total. The molecule has 1 amide bonds. The molecule has 0 spiro atoms. The molecule has 2 unspecified atom stereocenters. The maximum atomic E-state index is 12.6. The lowest BCUT2D eigenvalue weighted by Crippen LogP contribution is -2.51. The van der Waals surface area contributed by atoms with Crippen LogP contribution >= 0.6 is 11.6 Å². The number of aryl methyl sites for hydroxylation is 2. The molecule has 2 rings (SSSR count). The summed E-state index contributed by atoms with van der Waals surface area (Å²) in [5.41, 5.74) is 2.00. The summed E-state index contributed by atoms with van der Waals surface area (Å²) in [7, 11) is 0. The van der Waals surface area contributed by atoms with Crippen molar-refractivity contribution in [3.8, 4) is 0 Å². The average molecular weight is 284 g/mol. The topological polar surface area (TPSA) is 55.3 Å². The number of morpholine rings is 1. The lowest BCUT2D eigenvalue weighted by molar-refractivity contribution is -0.0372. The summed E-state index contributed by atoms with van der Waals surface area (Å²) in [5.74, 6) is 0.366. The van der Waals surface area contributed by atoms with Crippen molar-refractivity contribution in [3.05, 3.63) is 23.0 Å². The SMILES string of the molecule is Cc1cc(C(=O)N2CC(CCl)OCC2C)c(C)nn1. The Morgan fingerprint density at radius 1 is 1.53 bits per heavy atom. The van der Waals surface area contributed by atoms with Crippen LogP contribution < -0.4 is 0 Å². The predicted octanol–water partition coefficient (Wildman–Crippen LogP) is 1.56. The zero-order valence-electron chi connectivity index (χ0n) is 11.4. The van der Waals surface area contributed by atoms with Gasteiger partial charge in [-0.3, -0.25) is 4.79 Å². The van der Waals surface area contributed by atoms with E-state index in [1.165, 1.54) is 0 Å². The zero-order valence-corrected chi connectivity index (χ0v) is 12.1. The molecule has 1 aromatic heterocycles. The Morgan fingerprint density at radius 3 is 2.95 bits per heavy atom. The molecule has 0 saturated carbocycles. The number of hydrogen-bond donors (Lipinski definition) is 0. The molecule has 0 aliphatic carbocycles. The van der Waals surface area contributed by atoms with Gasteiger partial charge < -0.3 is 9.64 Å². The lowest BCUT2D eigenvalue weighted by atomic mass is 10.1. The first-order chi connectivity index (χ1) is 9.02. The number of carbonyl (C=O) groups excluding carboxylic acids is 1. The molecule has 1 aliphatic heterocycles. The van der Waals surface area contributed by atoms with Crippen molar-refractivity contribution < 1.29 is 9.53 Å². The number of carbonyl (C=O) groups is 1. The normalized spacial score (nSPS) is 23.5. The van der Waals surface area contributed by atoms with Gasteiger partial charge in [0, 0.05) is 6.54 Å². The van der Waals surface area contributed by atoms with Gasteiger partial charge in [-0.2, -0.15) is 10.2 Å². The number of amides is 1. The number of halogens is 1. The largest absolute Gasteiger partial charge is 0.373 e. The van der Waals surface area contributed by atoms with Crippen LogP contribution in [-0.4, -0.2) is 52.2 Å². The maximum Gasteiger partial charge on any atom is 0.256 e. The molecule has 19 heavy (non-hydrogen) atoms. The first-order valence-electron chi connectivity index (χ1n) is 6.32. The van der Waals surface area contributed by atoms with Crippen LogP contribution in [0, 0.1) is 13.8 Å². The van der Waals surface area contributed by atoms with Crippen LogP contribution in [-0.2, 0) is 4.74 Å². The summed E-state index contributed by atoms with van der Waals surface area (Å²) in [6.07, 6.45) is -0.0991. The van der Waals surface area contributed by atoms with E-state index in [2.05, 4.69) is 10.2 Å². The van der Waals surface area contributed by atoms with Crippen molar-refractivity contribution in [2.24, 2.45) is 0 Å². The summed E-state index contributed by atoms with van der Waals surface area (Å²) < 4.78 is 5.56. The molecular formula is C13H18ClN3O2. The quantitative estimate of drug-likeness (QED) is 0.773. The van der Waals surface area contributed by atoms with Gasteiger partial charge in [0.25, 0.3) is 5.91 Å². The Kier molecular flexibility index (Phi) is 4.37. The standard InChI is InChI=1S/C13H18ClN3O2/c1-8-4-12(10(3)16-15-8)13(18)17-6-11(5-14)19-7-9(17)2/h4,9,11H,5-7H2,1-3H3. The van der Waals surface area contributed by atoms with Gasteiger partial charge in [-0.15, -0.1) is 11.6 Å². The number of alkyl halides is 1. The molecule has 2 atom stereocenters. The maximum absolute atomic E-state index is 12.6. The smallest absolute Gasteiger partial charge is 0.256 e. The predicted molar refractivity (Wildman–Crippen MR) is 72.5 cm³/mol. The second-order valence-corrected chi connectivity index (χ2v) is 5.21. The third kappa shape index (κ3) is 3.04. The minimum atomic E-state index is -0.0991. The minimum Gasteiger partial charge on any atom is -0.373 e. The van der Waals surface area contributed by atoms with E-state index in [4.69, 9.17) is 16.3 Å². The lowest BCUT2D eigenvalue weighted by Gasteiger charge is -2.37. The summed E-state index contributed by atoms with van der Waals surface area (Å²) in [4.78, 5) is 14.4. The highest BCUT2D eigenvalue weighted by Gasteiger charge is 2.30. The van der Waals surface area contributed by atoms with E-state index in [0.717, 1.165) is 5.69 Å². The van der Waals surface area contributed by atoms with Crippen molar-refractivity contribution in [1.29, 1.82) is 0 Å². The molecule has 0 radical (unpaired) electrons. The van der Waals surface area contributed by atoms with Crippen LogP contribution in [0.3, 0.4) is 0 Å². The van der Waals surface area contributed by atoms with Crippen LogP contribution in [0.2, 0.25) is 0 Å². The van der Waals surface area contributed by atoms with Crippen LogP contribution in [0.4, 0.5) is 0 Å². The summed E-state index contributed by atoms with van der Waals surface area (Å²) in [6, 6.07) is 1.82. The molecule has 1 aliphatic rings. The van der Waals surface area contributed by atoms with Gasteiger partial charge in [0.15, 0.2) is 0 Å². The van der Waals surface area contributed by atoms with E-state index in [1.807, 2.05) is 13.8 Å². The molecule has 0 bridgehead atoms. The first-order valence-corrected chi connectivity index (χ1v) is 6.85. The van der Waals surface area contributed by atoms with Gasteiger partial charge in [0.05, 0.1) is 41.6 Å². The summed E-state index contributed by atoms with van der Waals surface area (Å²) >= 11 is 5.82. The number of nitrogens with zero attached hydrogens (tertiary/aromatic N) is 3. The van der Waals surface area contributed by atoms with Gasteiger partial charge in [0.2, 0.25) is 0 Å². The fraction of sp³-hybridized carbons (Fsp3) is 0.615. The van der Waals surface area contributed by atoms with Gasteiger partial charge in [0.1, 0.15) is 0 Å². The molecule has 1 saturated heterocycles. The Balaban J connectivity index is 2.24. The van der Waals surface area contributed by atoms with E-state index < -0.39 is 0 Å². The fourth-order valence-electron chi connectivity index (χ4n) is 2.11. The van der Waals surface area contributed by atoms with E-state index in [0.29, 0.717) is 30.3 Å². The van der Waals surface area contributed by atoms with Gasteiger partial charge in [-0.25, -0.2) is 0 Å². The van der Waals surface area contributed by atoms with Crippen LogP contribution in [0.1, 0.15) is 28.7 Å². The second kappa shape index (κ2) is 5.84. The molecule has 1 aromatic rings. The molecule has 5 nitrogen and oxygen atoms in total. The van der Waals surface area contributed by atoms with Gasteiger partial charge in [-0.05, 0) is 26.8 Å². The molecular weight excluding hydrogens is 266 g/mol. The number of hydrogen-bond acceptors (Lipinski definition) is 4. The van der Waals surface area contributed by atoms with E-state index in [1.54, 1.807) is 17.9 Å². The van der Waals surface area contributed by atoms with Crippen LogP contribution in [0.5, 0.6) is 0 Å². The zero-order chi connectivity index (χ0) is 14.0. The first kappa shape index (κ1) is 14.2. The average Bonchev–Trinajstić information content (AvgIpc) is 2.41. The molecule has 104 valence electrons. The fourth-order valence-corrected chi connectivity index (χ4v) is 2.30. The Hall–Kier alpha value is -1.20. The van der Waals surface area contributed by atoms with E-state index >= 15 is 0 Å².